The van der Waals surface area contributed by atoms with E-state index in [1.807, 2.05) is 55.1 Å². The summed E-state index contributed by atoms with van der Waals surface area (Å²) in [6.45, 7) is 5.18. The first-order chi connectivity index (χ1) is 14.9. The van der Waals surface area contributed by atoms with Crippen molar-refractivity contribution in [2.45, 2.75) is 32.6 Å². The number of hydrogen-bond donors (Lipinski definition) is 1. The molecule has 3 aromatic rings. The zero-order valence-corrected chi connectivity index (χ0v) is 18.4. The van der Waals surface area contributed by atoms with Gasteiger partial charge in [-0.05, 0) is 68.0 Å². The van der Waals surface area contributed by atoms with Crippen molar-refractivity contribution in [1.82, 2.24) is 9.88 Å². The van der Waals surface area contributed by atoms with E-state index in [0.717, 1.165) is 35.2 Å². The van der Waals surface area contributed by atoms with Crippen molar-refractivity contribution in [3.63, 3.8) is 0 Å². The lowest BCUT2D eigenvalue weighted by molar-refractivity contribution is 0.0713. The maximum atomic E-state index is 13.4. The summed E-state index contributed by atoms with van der Waals surface area (Å²) in [7, 11) is 0. The average molecular weight is 438 g/mol. The smallest absolute Gasteiger partial charge is 0.257 e. The molecule has 1 aliphatic heterocycles. The molecule has 2 heterocycles. The first-order valence-electron chi connectivity index (χ1n) is 10.5. The molecule has 0 unspecified atom stereocenters. The van der Waals surface area contributed by atoms with E-state index in [9.17, 15) is 9.18 Å². The molecular weight excluding hydrogens is 413 g/mol. The number of anilines is 2. The van der Waals surface area contributed by atoms with Crippen LogP contribution in [0.5, 0.6) is 0 Å². The molecular formula is C25H25ClFN3O. The third-order valence-corrected chi connectivity index (χ3v) is 6.28. The van der Waals surface area contributed by atoms with Gasteiger partial charge in [0.15, 0.2) is 0 Å². The van der Waals surface area contributed by atoms with Crippen molar-refractivity contribution >= 4 is 28.9 Å². The van der Waals surface area contributed by atoms with Gasteiger partial charge in [-0.25, -0.2) is 9.37 Å². The normalized spacial score (nSPS) is 14.5. The SMILES string of the molecule is Cc1cccc(Nc2c(C(=O)N3CCC(c4ccc(F)cc4)CC3)cnc(Cl)c2C)c1. The minimum Gasteiger partial charge on any atom is -0.355 e. The van der Waals surface area contributed by atoms with Gasteiger partial charge in [0.1, 0.15) is 11.0 Å². The molecule has 0 atom stereocenters. The van der Waals surface area contributed by atoms with E-state index in [-0.39, 0.29) is 11.7 Å². The van der Waals surface area contributed by atoms with E-state index in [0.29, 0.717) is 35.4 Å². The van der Waals surface area contributed by atoms with Crippen LogP contribution in [0.2, 0.25) is 5.15 Å². The molecule has 0 radical (unpaired) electrons. The molecule has 1 aromatic heterocycles. The Balaban J connectivity index is 1.53. The van der Waals surface area contributed by atoms with Crippen molar-refractivity contribution in [3.8, 4) is 0 Å². The number of carbonyl (C=O) groups excluding carboxylic acids is 1. The number of likely N-dealkylation sites (tertiary alicyclic amines) is 1. The molecule has 0 aliphatic carbocycles. The first-order valence-corrected chi connectivity index (χ1v) is 10.8. The summed E-state index contributed by atoms with van der Waals surface area (Å²) in [5.41, 5.74) is 5.10. The number of carbonyl (C=O) groups is 1. The molecule has 31 heavy (non-hydrogen) atoms. The fraction of sp³-hybridized carbons (Fsp3) is 0.280. The molecule has 1 fully saturated rings. The minimum atomic E-state index is -0.226. The predicted molar refractivity (Wildman–Crippen MR) is 123 cm³/mol. The van der Waals surface area contributed by atoms with Crippen molar-refractivity contribution < 1.29 is 9.18 Å². The van der Waals surface area contributed by atoms with Crippen LogP contribution < -0.4 is 5.32 Å². The number of nitrogens with one attached hydrogen (secondary N) is 1. The van der Waals surface area contributed by atoms with Crippen LogP contribution in [0.4, 0.5) is 15.8 Å². The maximum Gasteiger partial charge on any atom is 0.257 e. The standard InChI is InChI=1S/C25H25ClFN3O/c1-16-4-3-5-21(14-16)29-23-17(2)24(26)28-15-22(23)25(31)30-12-10-19(11-13-30)18-6-8-20(27)9-7-18/h3-9,14-15,19H,10-13H2,1-2H3,(H,28,29). The van der Waals surface area contributed by atoms with Crippen molar-refractivity contribution in [1.29, 1.82) is 0 Å². The Morgan fingerprint density at radius 1 is 1.13 bits per heavy atom. The van der Waals surface area contributed by atoms with Crippen molar-refractivity contribution in [2.24, 2.45) is 0 Å². The van der Waals surface area contributed by atoms with E-state index < -0.39 is 0 Å². The fourth-order valence-corrected chi connectivity index (χ4v) is 4.24. The largest absolute Gasteiger partial charge is 0.355 e. The van der Waals surface area contributed by atoms with E-state index in [4.69, 9.17) is 11.6 Å². The Bertz CT molecular complexity index is 1090. The number of aryl methyl sites for hydroxylation is 1. The van der Waals surface area contributed by atoms with Gasteiger partial charge in [-0.2, -0.15) is 0 Å². The lowest BCUT2D eigenvalue weighted by atomic mass is 9.89. The van der Waals surface area contributed by atoms with Crippen LogP contribution in [-0.4, -0.2) is 28.9 Å². The summed E-state index contributed by atoms with van der Waals surface area (Å²) in [6, 6.07) is 14.7. The molecule has 0 spiro atoms. The fourth-order valence-electron chi connectivity index (χ4n) is 4.10. The Kier molecular flexibility index (Phi) is 6.23. The van der Waals surface area contributed by atoms with Gasteiger partial charge in [-0.1, -0.05) is 35.9 Å². The van der Waals surface area contributed by atoms with Crippen LogP contribution in [0.25, 0.3) is 0 Å². The Morgan fingerprint density at radius 3 is 2.52 bits per heavy atom. The van der Waals surface area contributed by atoms with Crippen molar-refractivity contribution in [3.05, 3.63) is 88.0 Å². The van der Waals surface area contributed by atoms with Crippen LogP contribution >= 0.6 is 11.6 Å². The molecule has 2 aromatic carbocycles. The topological polar surface area (TPSA) is 45.2 Å². The third-order valence-electron chi connectivity index (χ3n) is 5.90. The number of nitrogens with zero attached hydrogens (tertiary/aromatic N) is 2. The molecule has 1 amide bonds. The highest BCUT2D eigenvalue weighted by Crippen LogP contribution is 2.32. The summed E-state index contributed by atoms with van der Waals surface area (Å²) < 4.78 is 13.2. The summed E-state index contributed by atoms with van der Waals surface area (Å²) in [5, 5.41) is 3.75. The maximum absolute atomic E-state index is 13.4. The van der Waals surface area contributed by atoms with Gasteiger partial charge in [0.05, 0.1) is 11.3 Å². The Hall–Kier alpha value is -2.92. The van der Waals surface area contributed by atoms with Gasteiger partial charge in [-0.3, -0.25) is 4.79 Å². The second kappa shape index (κ2) is 9.06. The summed E-state index contributed by atoms with van der Waals surface area (Å²) in [4.78, 5) is 19.5. The predicted octanol–water partition coefficient (Wildman–Crippen LogP) is 6.25. The van der Waals surface area contributed by atoms with Crippen LogP contribution in [0.3, 0.4) is 0 Å². The molecule has 0 saturated carbocycles. The summed E-state index contributed by atoms with van der Waals surface area (Å²) in [6.07, 6.45) is 3.25. The van der Waals surface area contributed by atoms with Crippen molar-refractivity contribution in [2.75, 3.05) is 18.4 Å². The lowest BCUT2D eigenvalue weighted by Gasteiger charge is -2.33. The van der Waals surface area contributed by atoms with E-state index in [2.05, 4.69) is 10.3 Å². The van der Waals surface area contributed by atoms with Gasteiger partial charge >= 0.3 is 0 Å². The molecule has 4 nitrogen and oxygen atoms in total. The molecule has 6 heteroatoms. The summed E-state index contributed by atoms with van der Waals surface area (Å²) in [5.74, 6) is 0.0511. The van der Waals surface area contributed by atoms with Crippen LogP contribution in [0, 0.1) is 19.7 Å². The molecule has 0 bridgehead atoms. The lowest BCUT2D eigenvalue weighted by Crippen LogP contribution is -2.38. The molecule has 4 rings (SSSR count). The number of rotatable bonds is 4. The third kappa shape index (κ3) is 4.72. The highest BCUT2D eigenvalue weighted by Gasteiger charge is 2.27. The Morgan fingerprint density at radius 2 is 1.84 bits per heavy atom. The molecule has 1 saturated heterocycles. The molecule has 160 valence electrons. The van der Waals surface area contributed by atoms with E-state index in [1.54, 1.807) is 6.20 Å². The number of aromatic nitrogens is 1. The number of piperidine rings is 1. The molecule has 1 N–H and O–H groups in total. The zero-order valence-electron chi connectivity index (χ0n) is 17.7. The highest BCUT2D eigenvalue weighted by molar-refractivity contribution is 6.30. The summed E-state index contributed by atoms with van der Waals surface area (Å²) >= 11 is 6.27. The van der Waals surface area contributed by atoms with Crippen LogP contribution in [0.1, 0.15) is 45.8 Å². The highest BCUT2D eigenvalue weighted by atomic mass is 35.5. The number of halogens is 2. The minimum absolute atomic E-state index is 0.0556. The van der Waals surface area contributed by atoms with Gasteiger partial charge < -0.3 is 10.2 Å². The van der Waals surface area contributed by atoms with E-state index in [1.165, 1.54) is 12.1 Å². The van der Waals surface area contributed by atoms with Gasteiger partial charge in [0.25, 0.3) is 5.91 Å². The second-order valence-corrected chi connectivity index (χ2v) is 8.43. The average Bonchev–Trinajstić information content (AvgIpc) is 2.77. The molecule has 1 aliphatic rings. The van der Waals surface area contributed by atoms with Gasteiger partial charge in [0, 0.05) is 30.5 Å². The number of pyridine rings is 1. The van der Waals surface area contributed by atoms with Crippen LogP contribution in [-0.2, 0) is 0 Å². The Labute approximate surface area is 187 Å². The zero-order chi connectivity index (χ0) is 22.0. The monoisotopic (exact) mass is 437 g/mol. The van der Waals surface area contributed by atoms with Gasteiger partial charge in [-0.15, -0.1) is 0 Å². The number of amides is 1. The van der Waals surface area contributed by atoms with Crippen LogP contribution in [0.15, 0.2) is 54.7 Å². The number of hydrogen-bond acceptors (Lipinski definition) is 3. The number of benzene rings is 2. The van der Waals surface area contributed by atoms with Gasteiger partial charge in [0.2, 0.25) is 0 Å². The van der Waals surface area contributed by atoms with E-state index >= 15 is 0 Å². The second-order valence-electron chi connectivity index (χ2n) is 8.08. The first kappa shape index (κ1) is 21.3. The quantitative estimate of drug-likeness (QED) is 0.490.